The van der Waals surface area contributed by atoms with Crippen LogP contribution >= 0.6 is 22.6 Å². The van der Waals surface area contributed by atoms with E-state index in [0.29, 0.717) is 44.5 Å². The molecule has 0 aromatic heterocycles. The fraction of sp³-hybridized carbons (Fsp3) is 0.677. The molecular weight excluding hydrogens is 639 g/mol. The van der Waals surface area contributed by atoms with Crippen LogP contribution in [0.15, 0.2) is 23.8 Å². The molecule has 0 spiro atoms. The van der Waals surface area contributed by atoms with E-state index in [9.17, 15) is 24.9 Å². The van der Waals surface area contributed by atoms with Gasteiger partial charge in [0.1, 0.15) is 12.2 Å². The number of hydrogen-bond acceptors (Lipinski definition) is 7. The van der Waals surface area contributed by atoms with Gasteiger partial charge in [0.2, 0.25) is 11.8 Å². The summed E-state index contributed by atoms with van der Waals surface area (Å²) in [5.74, 6) is 2.32. The molecule has 0 aliphatic heterocycles. The summed E-state index contributed by atoms with van der Waals surface area (Å²) in [6.07, 6.45) is 9.07. The van der Waals surface area contributed by atoms with Crippen molar-refractivity contribution in [2.24, 2.45) is 17.8 Å². The van der Waals surface area contributed by atoms with E-state index in [2.05, 4.69) is 27.9 Å². The molecule has 1 aromatic carbocycles. The minimum absolute atomic E-state index is 0.0275. The minimum atomic E-state index is -1.06. The summed E-state index contributed by atoms with van der Waals surface area (Å²) in [7, 11) is 1.51. The third-order valence-electron chi connectivity index (χ3n) is 9.62. The van der Waals surface area contributed by atoms with Gasteiger partial charge in [0.15, 0.2) is 11.5 Å². The summed E-state index contributed by atoms with van der Waals surface area (Å²) >= 11 is 2.11. The molecule has 10 heteroatoms. The molecule has 4 N–H and O–H groups in total. The first-order valence-electron chi connectivity index (χ1n) is 15.1. The number of carbonyl (C=O) groups is 2. The maximum Gasteiger partial charge on any atom is 0.247 e. The molecule has 4 aliphatic rings. The van der Waals surface area contributed by atoms with Crippen molar-refractivity contribution in [3.8, 4) is 11.5 Å². The van der Waals surface area contributed by atoms with Gasteiger partial charge in [-0.1, -0.05) is 19.3 Å². The van der Waals surface area contributed by atoms with Crippen molar-refractivity contribution in [3.05, 3.63) is 32.9 Å². The van der Waals surface area contributed by atoms with Crippen LogP contribution in [0.2, 0.25) is 0 Å². The van der Waals surface area contributed by atoms with Crippen LogP contribution in [-0.4, -0.2) is 76.6 Å². The van der Waals surface area contributed by atoms with E-state index in [1.807, 2.05) is 4.90 Å². The molecule has 0 heterocycles. The lowest BCUT2D eigenvalue weighted by molar-refractivity contribution is -0.143. The van der Waals surface area contributed by atoms with E-state index in [4.69, 9.17) is 9.47 Å². The SMILES string of the molecule is COc1cc(CO)cc(I)c1O[C@H]1C=C(C(=O)NCCO)C[C@@H](N(C(=O)CC2CC3CCC2C3)C2CCCC2)[C@@H]1O. The Hall–Kier alpha value is -1.89. The van der Waals surface area contributed by atoms with Crippen molar-refractivity contribution in [1.29, 1.82) is 0 Å². The largest absolute Gasteiger partial charge is 0.493 e. The Morgan fingerprint density at radius 3 is 2.54 bits per heavy atom. The number of aliphatic hydroxyl groups excluding tert-OH is 3. The predicted molar refractivity (Wildman–Crippen MR) is 161 cm³/mol. The van der Waals surface area contributed by atoms with Crippen LogP contribution in [0.3, 0.4) is 0 Å². The highest BCUT2D eigenvalue weighted by molar-refractivity contribution is 14.1. The van der Waals surface area contributed by atoms with Crippen LogP contribution in [0.4, 0.5) is 0 Å². The van der Waals surface area contributed by atoms with Crippen molar-refractivity contribution in [3.63, 3.8) is 0 Å². The Bertz CT molecular complexity index is 1140. The van der Waals surface area contributed by atoms with Gasteiger partial charge in [-0.25, -0.2) is 0 Å². The fourth-order valence-corrected chi connectivity index (χ4v) is 8.45. The molecule has 0 saturated heterocycles. The molecule has 2 bridgehead atoms. The number of halogens is 1. The number of rotatable bonds is 11. The molecule has 3 saturated carbocycles. The average molecular weight is 683 g/mol. The van der Waals surface area contributed by atoms with Crippen LogP contribution in [0.25, 0.3) is 0 Å². The molecule has 2 amide bonds. The van der Waals surface area contributed by atoms with E-state index in [1.54, 1.807) is 18.2 Å². The number of amides is 2. The van der Waals surface area contributed by atoms with E-state index < -0.39 is 18.2 Å². The average Bonchev–Trinajstić information content (AvgIpc) is 3.74. The number of ether oxygens (including phenoxy) is 2. The number of nitrogens with zero attached hydrogens (tertiary/aromatic N) is 1. The lowest BCUT2D eigenvalue weighted by Gasteiger charge is -2.44. The Kier molecular flexibility index (Phi) is 10.1. The molecule has 3 unspecified atom stereocenters. The van der Waals surface area contributed by atoms with E-state index in [1.165, 1.54) is 26.4 Å². The second-order valence-electron chi connectivity index (χ2n) is 12.2. The van der Waals surface area contributed by atoms with Crippen molar-refractivity contribution < 1.29 is 34.4 Å². The van der Waals surface area contributed by atoms with Gasteiger partial charge in [-0.3, -0.25) is 9.59 Å². The quantitative estimate of drug-likeness (QED) is 0.264. The number of fused-ring (bicyclic) bond motifs is 2. The smallest absolute Gasteiger partial charge is 0.247 e. The number of benzene rings is 1. The van der Waals surface area contributed by atoms with Gasteiger partial charge in [-0.2, -0.15) is 0 Å². The molecule has 0 radical (unpaired) electrons. The molecule has 9 nitrogen and oxygen atoms in total. The zero-order chi connectivity index (χ0) is 29.1. The standard InChI is InChI=1S/C31H43IN2O7/c1-40-27-13-19(17-36)12-24(32)30(27)41-26-15-22(31(39)33-8-9-35)14-25(29(26)38)34(23-4-2-3-5-23)28(37)16-21-11-18-6-7-20(21)10-18/h12-13,15,18,20-21,23,25-26,29,35-36,38H,2-11,14,16-17H2,1H3,(H,33,39)/t18?,20?,21?,25-,26+,29+/m1/s1. The van der Waals surface area contributed by atoms with Crippen molar-refractivity contribution in [2.75, 3.05) is 20.3 Å². The first-order valence-corrected chi connectivity index (χ1v) is 16.1. The number of aliphatic hydroxyl groups is 3. The molecule has 4 aliphatic carbocycles. The molecule has 226 valence electrons. The first kappa shape index (κ1) is 30.6. The van der Waals surface area contributed by atoms with Crippen molar-refractivity contribution >= 4 is 34.4 Å². The second kappa shape index (κ2) is 13.6. The summed E-state index contributed by atoms with van der Waals surface area (Å²) < 4.78 is 12.6. The Labute approximate surface area is 255 Å². The van der Waals surface area contributed by atoms with Gasteiger partial charge in [0.05, 0.1) is 29.9 Å². The molecule has 3 fully saturated rings. The summed E-state index contributed by atoms with van der Waals surface area (Å²) in [6.45, 7) is -0.233. The fourth-order valence-electron chi connectivity index (χ4n) is 7.66. The predicted octanol–water partition coefficient (Wildman–Crippen LogP) is 3.31. The van der Waals surface area contributed by atoms with Gasteiger partial charge in [-0.05, 0) is 96.2 Å². The number of nitrogens with one attached hydrogen (secondary N) is 1. The summed E-state index contributed by atoms with van der Waals surface area (Å²) in [4.78, 5) is 29.2. The minimum Gasteiger partial charge on any atom is -0.493 e. The zero-order valence-corrected chi connectivity index (χ0v) is 25.9. The first-order chi connectivity index (χ1) is 19.8. The van der Waals surface area contributed by atoms with Gasteiger partial charge < -0.3 is 35.0 Å². The Morgan fingerprint density at radius 2 is 1.90 bits per heavy atom. The number of hydrogen-bond donors (Lipinski definition) is 4. The van der Waals surface area contributed by atoms with Crippen molar-refractivity contribution in [1.82, 2.24) is 10.2 Å². The number of carbonyl (C=O) groups excluding carboxylic acids is 2. The molecular formula is C31H43IN2O7. The highest BCUT2D eigenvalue weighted by Gasteiger charge is 2.46. The van der Waals surface area contributed by atoms with Gasteiger partial charge in [0.25, 0.3) is 0 Å². The maximum atomic E-state index is 14.1. The second-order valence-corrected chi connectivity index (χ2v) is 13.3. The van der Waals surface area contributed by atoms with E-state index in [0.717, 1.165) is 38.0 Å². The highest BCUT2D eigenvalue weighted by atomic mass is 127. The number of methoxy groups -OCH3 is 1. The molecule has 41 heavy (non-hydrogen) atoms. The van der Waals surface area contributed by atoms with Gasteiger partial charge in [0, 0.05) is 31.0 Å². The van der Waals surface area contributed by atoms with Crippen LogP contribution < -0.4 is 14.8 Å². The summed E-state index contributed by atoms with van der Waals surface area (Å²) in [5, 5.41) is 33.5. The molecule has 6 atom stereocenters. The third-order valence-corrected chi connectivity index (χ3v) is 10.4. The summed E-state index contributed by atoms with van der Waals surface area (Å²) in [6, 6.07) is 2.88. The lowest BCUT2D eigenvalue weighted by atomic mass is 9.84. The van der Waals surface area contributed by atoms with Crippen LogP contribution in [0, 0.1) is 21.3 Å². The van der Waals surface area contributed by atoms with E-state index in [-0.39, 0.29) is 44.0 Å². The maximum absolute atomic E-state index is 14.1. The zero-order valence-electron chi connectivity index (χ0n) is 23.8. The highest BCUT2D eigenvalue weighted by Crippen LogP contribution is 2.50. The Morgan fingerprint density at radius 1 is 1.12 bits per heavy atom. The summed E-state index contributed by atoms with van der Waals surface area (Å²) in [5.41, 5.74) is 1.09. The molecule has 5 rings (SSSR count). The van der Waals surface area contributed by atoms with Crippen LogP contribution in [-0.2, 0) is 16.2 Å². The monoisotopic (exact) mass is 682 g/mol. The van der Waals surface area contributed by atoms with Gasteiger partial charge in [-0.15, -0.1) is 0 Å². The van der Waals surface area contributed by atoms with Gasteiger partial charge >= 0.3 is 0 Å². The Balaban J connectivity index is 1.45. The lowest BCUT2D eigenvalue weighted by Crippen LogP contribution is -2.58. The van der Waals surface area contributed by atoms with E-state index >= 15 is 0 Å². The molecule has 1 aromatic rings. The normalized spacial score (nSPS) is 29.3. The van der Waals surface area contributed by atoms with Crippen LogP contribution in [0.5, 0.6) is 11.5 Å². The van der Waals surface area contributed by atoms with Crippen molar-refractivity contribution in [2.45, 2.75) is 95.1 Å². The third kappa shape index (κ3) is 6.70. The van der Waals surface area contributed by atoms with Crippen LogP contribution in [0.1, 0.15) is 69.8 Å². The topological polar surface area (TPSA) is 129 Å².